The topological polar surface area (TPSA) is 99.2 Å². The maximum Gasteiger partial charge on any atom is 0.327 e. The van der Waals surface area contributed by atoms with Crippen molar-refractivity contribution in [1.82, 2.24) is 14.8 Å². The van der Waals surface area contributed by atoms with Crippen molar-refractivity contribution >= 4 is 23.3 Å². The van der Waals surface area contributed by atoms with Crippen LogP contribution in [0.15, 0.2) is 21.6 Å². The number of anilines is 1. The number of carbonyl (C=O) groups is 1. The summed E-state index contributed by atoms with van der Waals surface area (Å²) in [6.45, 7) is 1.74. The Morgan fingerprint density at radius 3 is 2.90 bits per heavy atom. The van der Waals surface area contributed by atoms with Crippen LogP contribution >= 0.6 is 11.6 Å². The molecule has 0 amide bonds. The molecule has 9 heteroatoms. The van der Waals surface area contributed by atoms with Crippen molar-refractivity contribution in [2.45, 2.75) is 20.0 Å². The molecule has 0 aliphatic carbocycles. The van der Waals surface area contributed by atoms with E-state index in [0.717, 1.165) is 4.68 Å². The summed E-state index contributed by atoms with van der Waals surface area (Å²) in [5.41, 5.74) is -0.255. The van der Waals surface area contributed by atoms with Crippen LogP contribution in [-0.4, -0.2) is 27.8 Å². The predicted molar refractivity (Wildman–Crippen MR) is 74.1 cm³/mol. The van der Waals surface area contributed by atoms with Gasteiger partial charge in [-0.05, 0) is 6.92 Å². The van der Waals surface area contributed by atoms with Gasteiger partial charge < -0.3 is 14.5 Å². The Hall–Kier alpha value is -2.35. The monoisotopic (exact) mass is 312 g/mol. The first-order valence-electron chi connectivity index (χ1n) is 5.99. The van der Waals surface area contributed by atoms with Gasteiger partial charge in [0.2, 0.25) is 5.89 Å². The number of ether oxygens (including phenoxy) is 1. The summed E-state index contributed by atoms with van der Waals surface area (Å²) in [7, 11) is 1.23. The molecule has 0 aromatic carbocycles. The lowest BCUT2D eigenvalue weighted by Gasteiger charge is -2.08. The van der Waals surface area contributed by atoms with Gasteiger partial charge in [-0.25, -0.2) is 9.67 Å². The van der Waals surface area contributed by atoms with Crippen molar-refractivity contribution in [2.24, 2.45) is 0 Å². The van der Waals surface area contributed by atoms with Crippen LogP contribution in [0.1, 0.15) is 11.7 Å². The molecule has 21 heavy (non-hydrogen) atoms. The number of methoxy groups -OCH3 is 1. The van der Waals surface area contributed by atoms with Crippen molar-refractivity contribution in [3.8, 4) is 0 Å². The lowest BCUT2D eigenvalue weighted by Crippen LogP contribution is -2.28. The molecule has 8 nitrogen and oxygen atoms in total. The van der Waals surface area contributed by atoms with Gasteiger partial charge >= 0.3 is 5.97 Å². The summed E-state index contributed by atoms with van der Waals surface area (Å²) < 4.78 is 10.7. The third-order valence-electron chi connectivity index (χ3n) is 2.59. The number of nitrogens with zero attached hydrogens (tertiary/aromatic N) is 3. The van der Waals surface area contributed by atoms with E-state index in [2.05, 4.69) is 20.1 Å². The fourth-order valence-corrected chi connectivity index (χ4v) is 1.75. The maximum absolute atomic E-state index is 11.9. The van der Waals surface area contributed by atoms with E-state index in [0.29, 0.717) is 17.3 Å². The van der Waals surface area contributed by atoms with E-state index in [1.807, 2.05) is 0 Å². The molecule has 0 radical (unpaired) electrons. The van der Waals surface area contributed by atoms with Crippen LogP contribution in [0.3, 0.4) is 0 Å². The van der Waals surface area contributed by atoms with Crippen molar-refractivity contribution in [2.75, 3.05) is 12.4 Å². The van der Waals surface area contributed by atoms with Crippen LogP contribution in [-0.2, 0) is 22.6 Å². The lowest BCUT2D eigenvalue weighted by molar-refractivity contribution is -0.141. The minimum Gasteiger partial charge on any atom is -0.468 e. The number of aryl methyl sites for hydroxylation is 1. The molecule has 2 heterocycles. The second-order valence-electron chi connectivity index (χ2n) is 4.13. The second kappa shape index (κ2) is 6.40. The molecule has 0 spiro atoms. The van der Waals surface area contributed by atoms with Crippen LogP contribution in [0.5, 0.6) is 0 Å². The van der Waals surface area contributed by atoms with E-state index in [-0.39, 0.29) is 18.1 Å². The fourth-order valence-electron chi connectivity index (χ4n) is 1.54. The summed E-state index contributed by atoms with van der Waals surface area (Å²) in [5.74, 6) is 0.559. The summed E-state index contributed by atoms with van der Waals surface area (Å²) in [6.07, 6.45) is 2.94. The Balaban J connectivity index is 2.13. The van der Waals surface area contributed by atoms with E-state index in [1.54, 1.807) is 13.1 Å². The molecule has 0 fully saturated rings. The van der Waals surface area contributed by atoms with Crippen LogP contribution in [0.4, 0.5) is 5.69 Å². The average molecular weight is 313 g/mol. The van der Waals surface area contributed by atoms with Gasteiger partial charge in [0.25, 0.3) is 5.56 Å². The number of esters is 1. The van der Waals surface area contributed by atoms with Crippen molar-refractivity contribution in [3.05, 3.63) is 39.4 Å². The number of nitrogens with one attached hydrogen (secondary N) is 1. The van der Waals surface area contributed by atoms with Gasteiger partial charge in [-0.15, -0.1) is 0 Å². The van der Waals surface area contributed by atoms with E-state index < -0.39 is 11.5 Å². The SMILES string of the molecule is COC(=O)Cn1ncc(NCc2ncc(C)o2)c(Cl)c1=O. The van der Waals surface area contributed by atoms with Crippen molar-refractivity contribution < 1.29 is 13.9 Å². The maximum atomic E-state index is 11.9. The number of rotatable bonds is 5. The van der Waals surface area contributed by atoms with Gasteiger partial charge in [0.05, 0.1) is 31.7 Å². The highest BCUT2D eigenvalue weighted by atomic mass is 35.5. The van der Waals surface area contributed by atoms with Crippen LogP contribution in [0, 0.1) is 6.92 Å². The van der Waals surface area contributed by atoms with Crippen LogP contribution in [0.25, 0.3) is 0 Å². The van der Waals surface area contributed by atoms with Gasteiger partial charge in [0.1, 0.15) is 17.3 Å². The number of hydrogen-bond donors (Lipinski definition) is 1. The van der Waals surface area contributed by atoms with E-state index in [4.69, 9.17) is 16.0 Å². The summed E-state index contributed by atoms with van der Waals surface area (Å²) in [5, 5.41) is 6.68. The number of oxazole rings is 1. The molecule has 2 aromatic heterocycles. The zero-order valence-electron chi connectivity index (χ0n) is 11.4. The summed E-state index contributed by atoms with van der Waals surface area (Å²) in [6, 6.07) is 0. The van der Waals surface area contributed by atoms with E-state index in [1.165, 1.54) is 13.3 Å². The predicted octanol–water partition coefficient (Wildman–Crippen LogP) is 0.978. The van der Waals surface area contributed by atoms with Gasteiger partial charge in [-0.1, -0.05) is 11.6 Å². The zero-order valence-corrected chi connectivity index (χ0v) is 12.2. The molecule has 2 rings (SSSR count). The fraction of sp³-hybridized carbons (Fsp3) is 0.333. The highest BCUT2D eigenvalue weighted by Gasteiger charge is 2.12. The molecule has 0 saturated heterocycles. The van der Waals surface area contributed by atoms with Gasteiger partial charge in [0.15, 0.2) is 0 Å². The third kappa shape index (κ3) is 3.60. The number of carbonyl (C=O) groups excluding carboxylic acids is 1. The standard InChI is InChI=1S/C12H13ClN4O4/c1-7-3-15-9(21-7)5-14-8-4-16-17(6-10(18)20-2)12(19)11(8)13/h3-4,14H,5-6H2,1-2H3. The Kier molecular flexibility index (Phi) is 4.59. The first-order chi connectivity index (χ1) is 10.0. The molecular formula is C12H13ClN4O4. The Labute approximate surface area is 124 Å². The Morgan fingerprint density at radius 2 is 2.29 bits per heavy atom. The molecule has 0 bridgehead atoms. The molecular weight excluding hydrogens is 300 g/mol. The normalized spacial score (nSPS) is 10.4. The number of hydrogen-bond acceptors (Lipinski definition) is 7. The van der Waals surface area contributed by atoms with Crippen molar-refractivity contribution in [3.63, 3.8) is 0 Å². The molecule has 1 N–H and O–H groups in total. The largest absolute Gasteiger partial charge is 0.468 e. The number of halogens is 1. The molecule has 0 aliphatic rings. The zero-order chi connectivity index (χ0) is 15.4. The summed E-state index contributed by atoms with van der Waals surface area (Å²) >= 11 is 5.96. The van der Waals surface area contributed by atoms with E-state index >= 15 is 0 Å². The Bertz CT molecular complexity index is 710. The van der Waals surface area contributed by atoms with Crippen LogP contribution < -0.4 is 10.9 Å². The molecule has 0 aliphatic heterocycles. The van der Waals surface area contributed by atoms with Crippen LogP contribution in [0.2, 0.25) is 5.02 Å². The highest BCUT2D eigenvalue weighted by molar-refractivity contribution is 6.32. The first kappa shape index (κ1) is 15.0. The second-order valence-corrected chi connectivity index (χ2v) is 4.51. The molecule has 2 aromatic rings. The third-order valence-corrected chi connectivity index (χ3v) is 2.96. The minimum atomic E-state index is -0.587. The minimum absolute atomic E-state index is 0.0721. The highest BCUT2D eigenvalue weighted by Crippen LogP contribution is 2.16. The van der Waals surface area contributed by atoms with Gasteiger partial charge in [-0.2, -0.15) is 5.10 Å². The molecule has 0 saturated carbocycles. The number of aromatic nitrogens is 3. The lowest BCUT2D eigenvalue weighted by atomic mass is 10.4. The molecule has 0 unspecified atom stereocenters. The van der Waals surface area contributed by atoms with Gasteiger partial charge in [-0.3, -0.25) is 9.59 Å². The molecule has 112 valence electrons. The van der Waals surface area contributed by atoms with E-state index in [9.17, 15) is 9.59 Å². The molecule has 0 atom stereocenters. The first-order valence-corrected chi connectivity index (χ1v) is 6.36. The Morgan fingerprint density at radius 1 is 1.52 bits per heavy atom. The quantitative estimate of drug-likeness (QED) is 0.821. The smallest absolute Gasteiger partial charge is 0.327 e. The van der Waals surface area contributed by atoms with Crippen molar-refractivity contribution in [1.29, 1.82) is 0 Å². The average Bonchev–Trinajstić information content (AvgIpc) is 2.88. The summed E-state index contributed by atoms with van der Waals surface area (Å²) in [4.78, 5) is 27.1. The van der Waals surface area contributed by atoms with Gasteiger partial charge in [0, 0.05) is 0 Å².